The van der Waals surface area contributed by atoms with Crippen molar-refractivity contribution in [2.75, 3.05) is 109 Å². The molecule has 27 nitrogen and oxygen atoms in total. The molecule has 7 aliphatic rings. The lowest BCUT2D eigenvalue weighted by Crippen LogP contribution is -2.61. The number of rotatable bonds is 28. The number of carboxylic acids is 1. The third-order valence-electron chi connectivity index (χ3n) is 17.6. The van der Waals surface area contributed by atoms with Crippen molar-refractivity contribution in [2.45, 2.75) is 114 Å². The first-order chi connectivity index (χ1) is 43.5. The molecule has 486 valence electrons. The van der Waals surface area contributed by atoms with Crippen molar-refractivity contribution in [1.82, 2.24) is 9.80 Å². The van der Waals surface area contributed by atoms with Crippen molar-refractivity contribution in [3.05, 3.63) is 94.5 Å². The van der Waals surface area contributed by atoms with Gasteiger partial charge in [0, 0.05) is 44.4 Å². The monoisotopic (exact) mass is 1250 g/mol. The number of hydrogen-bond donors (Lipinski definition) is 8. The minimum atomic E-state index is -2.00. The second kappa shape index (κ2) is 27.9. The molecule has 27 heteroatoms. The van der Waals surface area contributed by atoms with Crippen molar-refractivity contribution in [3.63, 3.8) is 0 Å². The number of carbonyl (C=O) groups excluding carboxylic acids is 4. The van der Waals surface area contributed by atoms with Crippen LogP contribution in [0.3, 0.4) is 0 Å². The van der Waals surface area contributed by atoms with Gasteiger partial charge in [-0.05, 0) is 96.4 Å². The molecule has 90 heavy (non-hydrogen) atoms. The molecule has 3 saturated heterocycles. The number of methoxy groups -OCH3 is 2. The minimum absolute atomic E-state index is 0.00631. The first-order valence-corrected chi connectivity index (χ1v) is 30.3. The van der Waals surface area contributed by atoms with Crippen LogP contribution in [-0.2, 0) is 57.8 Å². The Morgan fingerprint density at radius 1 is 0.667 bits per heavy atom. The van der Waals surface area contributed by atoms with Crippen LogP contribution in [0.5, 0.6) is 28.7 Å². The highest BCUT2D eigenvalue weighted by molar-refractivity contribution is 6.06. The molecule has 5 aliphatic heterocycles. The van der Waals surface area contributed by atoms with Crippen molar-refractivity contribution in [1.29, 1.82) is 0 Å². The van der Waals surface area contributed by atoms with Gasteiger partial charge in [0.1, 0.15) is 43.9 Å². The number of amides is 4. The van der Waals surface area contributed by atoms with Gasteiger partial charge in [0.25, 0.3) is 11.8 Å². The van der Waals surface area contributed by atoms with E-state index in [0.717, 1.165) is 54.7 Å². The molecule has 11 rings (SSSR count). The molecule has 4 aromatic carbocycles. The number of benzene rings is 4. The number of nitrogens with zero attached hydrogens (tertiary/aromatic N) is 3. The molecule has 0 radical (unpaired) electrons. The number of carbonyl (C=O) groups is 5. The molecule has 2 spiro atoms. The average molecular weight is 1260 g/mol. The van der Waals surface area contributed by atoms with E-state index < -0.39 is 73.5 Å². The van der Waals surface area contributed by atoms with Crippen molar-refractivity contribution >= 4 is 46.8 Å². The standard InChI is InChI=1S/C63H78N6O21/c1-80-47-24-40-42(65-30-39-28-62(9-10-62)34-67(39)56(40)74)26-49(47)86-31-36-4-3-5-37(22-36)32-87-50-27-44-41(25-48(50)81-2)57(75)68-35-63(11-12-63)29-45(68)58(76)69(44)61(79)88-33-38-6-7-46(89-60-54(73)52(71)53(72)55(90-60)59(77)78)43(23-38)66-51(70)8-14-82-16-18-84-20-21-85-19-17-83-15-13-64/h3-7,22-27,39,45,52-55,58,60,65,71-73,76H,8-21,28-35,64H2,1-2H3,(H,66,70)(H,77,78)/t39-,45-,52+,53+,54-,55+,58-,60-/m0/s1. The van der Waals surface area contributed by atoms with E-state index in [9.17, 15) is 49.5 Å². The largest absolute Gasteiger partial charge is 0.493 e. The first-order valence-electron chi connectivity index (χ1n) is 30.3. The van der Waals surface area contributed by atoms with Gasteiger partial charge < -0.3 is 104 Å². The highest BCUT2D eigenvalue weighted by atomic mass is 16.7. The summed E-state index contributed by atoms with van der Waals surface area (Å²) >= 11 is 0. The van der Waals surface area contributed by atoms with Gasteiger partial charge in [0.15, 0.2) is 35.3 Å². The molecule has 5 heterocycles. The number of aliphatic carboxylic acids is 1. The first kappa shape index (κ1) is 64.0. The Bertz CT molecular complexity index is 3270. The van der Waals surface area contributed by atoms with Gasteiger partial charge >= 0.3 is 12.1 Å². The molecule has 8 atom stereocenters. The summed E-state index contributed by atoms with van der Waals surface area (Å²) in [6.07, 6.45) is -7.12. The Morgan fingerprint density at radius 3 is 1.91 bits per heavy atom. The fourth-order valence-corrected chi connectivity index (χ4v) is 12.4. The van der Waals surface area contributed by atoms with Crippen LogP contribution in [0, 0.1) is 10.8 Å². The molecule has 5 fully saturated rings. The number of nitrogens with two attached hydrogens (primary N) is 1. The Labute approximate surface area is 519 Å². The molecule has 4 aromatic rings. The third-order valence-corrected chi connectivity index (χ3v) is 17.6. The fraction of sp³-hybridized carbons (Fsp3) is 0.540. The topological polar surface area (TPSA) is 348 Å². The summed E-state index contributed by atoms with van der Waals surface area (Å²) < 4.78 is 63.3. The van der Waals surface area contributed by atoms with Crippen LogP contribution in [0.1, 0.15) is 82.4 Å². The Morgan fingerprint density at radius 2 is 1.27 bits per heavy atom. The Hall–Kier alpha value is -7.57. The number of aliphatic hydroxyl groups is 4. The number of aliphatic hydroxyl groups excluding tert-OH is 4. The molecule has 2 saturated carbocycles. The van der Waals surface area contributed by atoms with Crippen LogP contribution in [0.25, 0.3) is 0 Å². The van der Waals surface area contributed by atoms with E-state index in [0.29, 0.717) is 81.8 Å². The maximum atomic E-state index is 14.7. The normalized spacial score (nSPS) is 24.0. The van der Waals surface area contributed by atoms with E-state index in [2.05, 4.69) is 10.6 Å². The molecule has 0 aromatic heterocycles. The minimum Gasteiger partial charge on any atom is -0.493 e. The van der Waals surface area contributed by atoms with Crippen LogP contribution in [0.4, 0.5) is 21.9 Å². The number of nitrogens with one attached hydrogen (secondary N) is 2. The van der Waals surface area contributed by atoms with Gasteiger partial charge in [-0.15, -0.1) is 0 Å². The molecule has 0 unspecified atom stereocenters. The van der Waals surface area contributed by atoms with Crippen molar-refractivity contribution in [3.8, 4) is 28.7 Å². The summed E-state index contributed by atoms with van der Waals surface area (Å²) in [4.78, 5) is 73.2. The zero-order valence-corrected chi connectivity index (χ0v) is 50.2. The lowest BCUT2D eigenvalue weighted by Gasteiger charge is -2.38. The van der Waals surface area contributed by atoms with Crippen LogP contribution < -0.4 is 45.0 Å². The van der Waals surface area contributed by atoms with Gasteiger partial charge in [-0.2, -0.15) is 0 Å². The highest BCUT2D eigenvalue weighted by Gasteiger charge is 2.58. The lowest BCUT2D eigenvalue weighted by molar-refractivity contribution is -0.271. The number of carboxylic acid groups (broad SMARTS) is 1. The van der Waals surface area contributed by atoms with Gasteiger partial charge in [-0.3, -0.25) is 14.4 Å². The SMILES string of the molecule is COc1cc2c(cc1OCc1cccc(COc3cc4c(cc3OC)C(=O)N3CC5(CC5)C[C@H]3[C@H](O)N4C(=O)OCc3ccc(O[C@H]4O[C@@H](C(=O)O)[C@H](O)[C@@H](O)[C@@H]4O)c(NC(=O)CCOCCOCCOCCOCCN)c3)c1)NC[C@@H]1CC3(CC3)CN1C2=O. The van der Waals surface area contributed by atoms with Crippen LogP contribution in [0.15, 0.2) is 66.7 Å². The number of fused-ring (bicyclic) bond motifs is 4. The summed E-state index contributed by atoms with van der Waals surface area (Å²) in [5.41, 5.74) is 8.48. The van der Waals surface area contributed by atoms with E-state index >= 15 is 0 Å². The van der Waals surface area contributed by atoms with Gasteiger partial charge in [-0.1, -0.05) is 24.3 Å². The summed E-state index contributed by atoms with van der Waals surface area (Å²) in [5.74, 6) is -1.61. The summed E-state index contributed by atoms with van der Waals surface area (Å²) in [5, 5.41) is 59.9. The zero-order valence-electron chi connectivity index (χ0n) is 50.2. The average Bonchev–Trinajstić information content (AvgIpc) is 1.58. The van der Waals surface area contributed by atoms with E-state index in [1.54, 1.807) is 11.0 Å². The maximum absolute atomic E-state index is 14.7. The Balaban J connectivity index is 0.775. The highest BCUT2D eigenvalue weighted by Crippen LogP contribution is 2.58. The van der Waals surface area contributed by atoms with Crippen LogP contribution in [-0.4, -0.2) is 207 Å². The van der Waals surface area contributed by atoms with E-state index in [1.165, 1.54) is 44.6 Å². The van der Waals surface area contributed by atoms with E-state index in [-0.39, 0.29) is 102 Å². The fourth-order valence-electron chi connectivity index (χ4n) is 12.4. The molecule has 9 N–H and O–H groups in total. The third kappa shape index (κ3) is 14.3. The lowest BCUT2D eigenvalue weighted by atomic mass is 9.99. The summed E-state index contributed by atoms with van der Waals surface area (Å²) in [7, 11) is 2.96. The van der Waals surface area contributed by atoms with Crippen molar-refractivity contribution in [2.24, 2.45) is 16.6 Å². The number of anilines is 3. The quantitative estimate of drug-likeness (QED) is 0.0378. The van der Waals surface area contributed by atoms with E-state index in [1.807, 2.05) is 35.2 Å². The number of hydrogen-bond acceptors (Lipinski definition) is 22. The number of ether oxygens (including phenoxy) is 11. The van der Waals surface area contributed by atoms with Gasteiger partial charge in [-0.25, -0.2) is 14.5 Å². The molecule has 0 bridgehead atoms. The second-order valence-corrected chi connectivity index (χ2v) is 23.9. The molecular formula is C63H78N6O21. The van der Waals surface area contributed by atoms with Gasteiger partial charge in [0.05, 0.1) is 108 Å². The smallest absolute Gasteiger partial charge is 0.416 e. The zero-order chi connectivity index (χ0) is 63.3. The predicted octanol–water partition coefficient (Wildman–Crippen LogP) is 3.38. The Kier molecular flexibility index (Phi) is 19.8. The maximum Gasteiger partial charge on any atom is 0.416 e. The molecular weight excluding hydrogens is 1180 g/mol. The predicted molar refractivity (Wildman–Crippen MR) is 317 cm³/mol. The van der Waals surface area contributed by atoms with Crippen molar-refractivity contribution < 1.29 is 102 Å². The van der Waals surface area contributed by atoms with Gasteiger partial charge in [0.2, 0.25) is 12.2 Å². The van der Waals surface area contributed by atoms with E-state index in [4.69, 9.17) is 57.8 Å². The van der Waals surface area contributed by atoms with Crippen LogP contribution >= 0.6 is 0 Å². The van der Waals surface area contributed by atoms with Crippen LogP contribution in [0.2, 0.25) is 0 Å². The summed E-state index contributed by atoms with van der Waals surface area (Å²) in [6.45, 7) is 4.13. The molecule has 4 amide bonds. The summed E-state index contributed by atoms with van der Waals surface area (Å²) in [6, 6.07) is 17.5. The second-order valence-electron chi connectivity index (χ2n) is 23.9. The molecule has 2 aliphatic carbocycles.